The largest absolute Gasteiger partial charge is 0.472 e. The van der Waals surface area contributed by atoms with Crippen LogP contribution in [-0.4, -0.2) is 49.3 Å². The zero-order chi connectivity index (χ0) is 60.1. The summed E-state index contributed by atoms with van der Waals surface area (Å²) in [6.45, 7) is 3.68. The maximum Gasteiger partial charge on any atom is 0.472 e. The number of nitrogens with two attached hydrogens (primary N) is 1. The molecule has 0 saturated heterocycles. The van der Waals surface area contributed by atoms with Gasteiger partial charge in [0.05, 0.1) is 13.2 Å². The van der Waals surface area contributed by atoms with Gasteiger partial charge in [-0.1, -0.05) is 324 Å². The SMILES string of the molecule is CC/C=C\C/C=C\C/C=C\C/C=C\CCCCCCCCCCCCCCCCCCCCCCC(=O)OC(COC(=O)CCCCCCCCCCCCCCCCCCC/C=C\C/C=C\CCCCCCC)COP(=O)(O)OCCN. The molecule has 0 rings (SSSR count). The third kappa shape index (κ3) is 68.4. The van der Waals surface area contributed by atoms with Crippen molar-refractivity contribution in [3.63, 3.8) is 0 Å². The van der Waals surface area contributed by atoms with Crippen molar-refractivity contribution in [1.29, 1.82) is 0 Å². The van der Waals surface area contributed by atoms with Crippen molar-refractivity contribution in [2.45, 2.75) is 354 Å². The molecule has 0 spiro atoms. The summed E-state index contributed by atoms with van der Waals surface area (Å²) >= 11 is 0. The number of rotatable bonds is 67. The Morgan fingerprint density at radius 3 is 0.988 bits per heavy atom. The topological polar surface area (TPSA) is 134 Å². The Kier molecular flexibility index (Phi) is 66.5. The van der Waals surface area contributed by atoms with Gasteiger partial charge in [-0.2, -0.15) is 0 Å². The lowest BCUT2D eigenvalue weighted by molar-refractivity contribution is -0.161. The number of phosphoric acid groups is 1. The van der Waals surface area contributed by atoms with E-state index in [1.54, 1.807) is 0 Å². The number of hydrogen-bond acceptors (Lipinski definition) is 8. The number of hydrogen-bond donors (Lipinski definition) is 2. The zero-order valence-electron chi connectivity index (χ0n) is 54.4. The molecule has 2 atom stereocenters. The van der Waals surface area contributed by atoms with Gasteiger partial charge in [-0.3, -0.25) is 18.6 Å². The van der Waals surface area contributed by atoms with E-state index in [2.05, 4.69) is 86.8 Å². The molecule has 9 nitrogen and oxygen atoms in total. The van der Waals surface area contributed by atoms with Crippen LogP contribution in [0.1, 0.15) is 348 Å². The molecule has 0 aliphatic rings. The van der Waals surface area contributed by atoms with Crippen LogP contribution in [0.15, 0.2) is 72.9 Å². The van der Waals surface area contributed by atoms with Crippen molar-refractivity contribution in [2.75, 3.05) is 26.4 Å². The smallest absolute Gasteiger partial charge is 0.462 e. The molecule has 0 fully saturated rings. The van der Waals surface area contributed by atoms with Gasteiger partial charge in [0, 0.05) is 19.4 Å². The Balaban J connectivity index is 3.83. The van der Waals surface area contributed by atoms with Crippen LogP contribution < -0.4 is 5.73 Å². The van der Waals surface area contributed by atoms with E-state index in [1.165, 1.54) is 250 Å². The number of allylic oxidation sites excluding steroid dienone is 12. The van der Waals surface area contributed by atoms with Crippen LogP contribution in [-0.2, 0) is 32.7 Å². The van der Waals surface area contributed by atoms with E-state index >= 15 is 0 Å². The standard InChI is InChI=1S/C73H134NO8P/c1-3-5-7-9-11-13-15-17-19-21-23-25-27-29-31-33-34-35-36-38-40-42-44-46-48-50-52-54-56-58-60-62-64-66-73(76)82-71(70-81-83(77,78)80-68-67-74)69-79-72(75)65-63-61-59-57-55-53-51-49-47-45-43-41-39-37-32-30-28-26-24-22-20-18-16-14-12-10-8-6-4-2/h5,7,11,13,16-19,22-25,71H,3-4,6,8-10,12,14-15,20-21,26-70,74H2,1-2H3,(H,77,78)/b7-5-,13-11-,18-16-,19-17-,24-22-,25-23-. The average molecular weight is 1180 g/mol. The van der Waals surface area contributed by atoms with Crippen LogP contribution in [0.2, 0.25) is 0 Å². The molecule has 0 heterocycles. The number of carbonyl (C=O) groups is 2. The van der Waals surface area contributed by atoms with Gasteiger partial charge in [-0.25, -0.2) is 4.57 Å². The molecule has 10 heteroatoms. The zero-order valence-corrected chi connectivity index (χ0v) is 55.3. The molecule has 3 N–H and O–H groups in total. The molecule has 0 amide bonds. The van der Waals surface area contributed by atoms with Gasteiger partial charge in [-0.15, -0.1) is 0 Å². The molecule has 484 valence electrons. The van der Waals surface area contributed by atoms with E-state index in [4.69, 9.17) is 24.3 Å². The highest BCUT2D eigenvalue weighted by Gasteiger charge is 2.26. The minimum absolute atomic E-state index is 0.0539. The highest BCUT2D eigenvalue weighted by molar-refractivity contribution is 7.47. The average Bonchev–Trinajstić information content (AvgIpc) is 3.49. The van der Waals surface area contributed by atoms with Crippen molar-refractivity contribution in [3.05, 3.63) is 72.9 Å². The number of unbranched alkanes of at least 4 members (excludes halogenated alkanes) is 42. The van der Waals surface area contributed by atoms with Gasteiger partial charge in [-0.05, 0) is 83.5 Å². The molecular weight excluding hydrogens is 1050 g/mol. The minimum atomic E-state index is -4.39. The quantitative estimate of drug-likeness (QED) is 0.0264. The first-order chi connectivity index (χ1) is 40.8. The fourth-order valence-corrected chi connectivity index (χ4v) is 11.1. The third-order valence-electron chi connectivity index (χ3n) is 15.6. The summed E-state index contributed by atoms with van der Waals surface area (Å²) in [7, 11) is -4.39. The third-order valence-corrected chi connectivity index (χ3v) is 16.6. The second-order valence-electron chi connectivity index (χ2n) is 23.7. The van der Waals surface area contributed by atoms with E-state index in [1.807, 2.05) is 0 Å². The van der Waals surface area contributed by atoms with E-state index in [0.29, 0.717) is 6.42 Å². The van der Waals surface area contributed by atoms with Crippen LogP contribution in [0, 0.1) is 0 Å². The molecule has 0 aromatic rings. The monoisotopic (exact) mass is 1180 g/mol. The molecule has 0 saturated carbocycles. The summed E-state index contributed by atoms with van der Waals surface area (Å²) in [4.78, 5) is 35.4. The van der Waals surface area contributed by atoms with Gasteiger partial charge < -0.3 is 20.1 Å². The number of esters is 2. The summed E-state index contributed by atoms with van der Waals surface area (Å²) in [5.74, 6) is -0.810. The van der Waals surface area contributed by atoms with Crippen LogP contribution in [0.3, 0.4) is 0 Å². The predicted octanol–water partition coefficient (Wildman–Crippen LogP) is 23.2. The van der Waals surface area contributed by atoms with Crippen molar-refractivity contribution in [3.8, 4) is 0 Å². The van der Waals surface area contributed by atoms with Crippen molar-refractivity contribution < 1.29 is 37.6 Å². The number of phosphoric ester groups is 1. The Morgan fingerprint density at radius 1 is 0.373 bits per heavy atom. The van der Waals surface area contributed by atoms with Crippen LogP contribution in [0.4, 0.5) is 0 Å². The summed E-state index contributed by atoms with van der Waals surface area (Å²) in [5, 5.41) is 0. The Labute approximate surface area is 513 Å². The fourth-order valence-electron chi connectivity index (χ4n) is 10.4. The molecule has 0 aromatic heterocycles. The van der Waals surface area contributed by atoms with E-state index in [9.17, 15) is 19.0 Å². The fraction of sp³-hybridized carbons (Fsp3) is 0.808. The lowest BCUT2D eigenvalue weighted by atomic mass is 10.0. The summed E-state index contributed by atoms with van der Waals surface area (Å²) in [6, 6.07) is 0. The first-order valence-corrected chi connectivity index (χ1v) is 36.9. The van der Waals surface area contributed by atoms with Crippen LogP contribution in [0.25, 0.3) is 0 Å². The normalized spacial score (nSPS) is 13.3. The van der Waals surface area contributed by atoms with Crippen molar-refractivity contribution in [2.24, 2.45) is 5.73 Å². The Bertz CT molecular complexity index is 1590. The number of carbonyl (C=O) groups excluding carboxylic acids is 2. The first kappa shape index (κ1) is 80.5. The summed E-state index contributed by atoms with van der Waals surface area (Å²) < 4.78 is 33.2. The summed E-state index contributed by atoms with van der Waals surface area (Å²) in [6.07, 6.45) is 90.0. The molecular formula is C73H134NO8P. The maximum absolute atomic E-state index is 12.8. The highest BCUT2D eigenvalue weighted by Crippen LogP contribution is 2.43. The lowest BCUT2D eigenvalue weighted by Crippen LogP contribution is -2.29. The van der Waals surface area contributed by atoms with Gasteiger partial charge in [0.25, 0.3) is 0 Å². The van der Waals surface area contributed by atoms with Gasteiger partial charge in [0.15, 0.2) is 6.10 Å². The van der Waals surface area contributed by atoms with E-state index in [-0.39, 0.29) is 38.6 Å². The molecule has 0 bridgehead atoms. The maximum atomic E-state index is 12.8. The lowest BCUT2D eigenvalue weighted by Gasteiger charge is -2.19. The Hall–Kier alpha value is -2.55. The van der Waals surface area contributed by atoms with E-state index < -0.39 is 26.5 Å². The van der Waals surface area contributed by atoms with E-state index in [0.717, 1.165) is 64.2 Å². The molecule has 0 aliphatic carbocycles. The molecule has 83 heavy (non-hydrogen) atoms. The summed E-state index contributed by atoms with van der Waals surface area (Å²) in [5.41, 5.74) is 5.40. The van der Waals surface area contributed by atoms with Gasteiger partial charge in [0.1, 0.15) is 6.61 Å². The van der Waals surface area contributed by atoms with Crippen molar-refractivity contribution >= 4 is 19.8 Å². The van der Waals surface area contributed by atoms with Gasteiger partial charge >= 0.3 is 19.8 Å². The Morgan fingerprint density at radius 2 is 0.663 bits per heavy atom. The molecule has 0 aromatic carbocycles. The molecule has 2 unspecified atom stereocenters. The first-order valence-electron chi connectivity index (χ1n) is 35.4. The van der Waals surface area contributed by atoms with Crippen LogP contribution in [0.5, 0.6) is 0 Å². The van der Waals surface area contributed by atoms with Gasteiger partial charge in [0.2, 0.25) is 0 Å². The minimum Gasteiger partial charge on any atom is -0.462 e. The van der Waals surface area contributed by atoms with Crippen LogP contribution >= 0.6 is 7.82 Å². The predicted molar refractivity (Wildman–Crippen MR) is 358 cm³/mol. The second-order valence-corrected chi connectivity index (χ2v) is 25.2. The highest BCUT2D eigenvalue weighted by atomic mass is 31.2. The molecule has 0 aliphatic heterocycles. The van der Waals surface area contributed by atoms with Crippen molar-refractivity contribution in [1.82, 2.24) is 0 Å². The number of ether oxygens (including phenoxy) is 2. The molecule has 0 radical (unpaired) electrons. The second kappa shape index (κ2) is 68.6.